The average molecular weight is 394 g/mol. The number of H-pyrrole nitrogens is 1. The number of sulfonamides is 1. The van der Waals surface area contributed by atoms with E-state index in [1.54, 1.807) is 10.6 Å². The minimum absolute atomic E-state index is 0.0506. The molecule has 2 unspecified atom stereocenters. The molecule has 0 bridgehead atoms. The van der Waals surface area contributed by atoms with Gasteiger partial charge in [0.15, 0.2) is 0 Å². The molecule has 9 heteroatoms. The molecule has 1 aliphatic heterocycles. The second-order valence-electron chi connectivity index (χ2n) is 7.89. The summed E-state index contributed by atoms with van der Waals surface area (Å²) in [6, 6.07) is 2.28. The molecular formula is C18H27N5O3S. The van der Waals surface area contributed by atoms with E-state index in [0.717, 1.165) is 29.7 Å². The lowest BCUT2D eigenvalue weighted by Gasteiger charge is -2.43. The molecule has 2 aromatic rings. The van der Waals surface area contributed by atoms with Gasteiger partial charge in [-0.05, 0) is 38.7 Å². The molecule has 2 atom stereocenters. The van der Waals surface area contributed by atoms with E-state index in [1.807, 2.05) is 33.2 Å². The van der Waals surface area contributed by atoms with Crippen molar-refractivity contribution in [2.75, 3.05) is 30.8 Å². The van der Waals surface area contributed by atoms with Crippen molar-refractivity contribution >= 4 is 26.9 Å². The summed E-state index contributed by atoms with van der Waals surface area (Å²) in [5.74, 6) is 1.31. The maximum absolute atomic E-state index is 12.8. The summed E-state index contributed by atoms with van der Waals surface area (Å²) in [4.78, 5) is 13.9. The van der Waals surface area contributed by atoms with Gasteiger partial charge in [0.2, 0.25) is 10.0 Å². The van der Waals surface area contributed by atoms with Gasteiger partial charge in [-0.15, -0.1) is 0 Å². The Morgan fingerprint density at radius 1 is 1.26 bits per heavy atom. The highest BCUT2D eigenvalue weighted by atomic mass is 32.2. The van der Waals surface area contributed by atoms with E-state index in [0.29, 0.717) is 19.1 Å². The first-order chi connectivity index (χ1) is 12.8. The zero-order valence-corrected chi connectivity index (χ0v) is 16.8. The zero-order chi connectivity index (χ0) is 19.2. The van der Waals surface area contributed by atoms with Gasteiger partial charge in [-0.2, -0.15) is 4.31 Å². The number of ether oxygens (including phenoxy) is 1. The number of anilines is 1. The van der Waals surface area contributed by atoms with Crippen LogP contribution in [0, 0.1) is 5.92 Å². The molecule has 0 radical (unpaired) electrons. The summed E-state index contributed by atoms with van der Waals surface area (Å²) in [7, 11) is -1.22. The van der Waals surface area contributed by atoms with E-state index >= 15 is 0 Å². The molecule has 27 heavy (non-hydrogen) atoms. The van der Waals surface area contributed by atoms with E-state index in [9.17, 15) is 8.42 Å². The fourth-order valence-corrected chi connectivity index (χ4v) is 6.18. The predicted molar refractivity (Wildman–Crippen MR) is 104 cm³/mol. The van der Waals surface area contributed by atoms with Crippen molar-refractivity contribution in [3.8, 4) is 0 Å². The van der Waals surface area contributed by atoms with Crippen LogP contribution in [0.15, 0.2) is 18.6 Å². The lowest BCUT2D eigenvalue weighted by Crippen LogP contribution is -2.51. The fraction of sp³-hybridized carbons (Fsp3) is 0.667. The number of nitrogens with zero attached hydrogens (tertiary/aromatic N) is 4. The molecule has 3 heterocycles. The van der Waals surface area contributed by atoms with E-state index in [-0.39, 0.29) is 23.9 Å². The second kappa shape index (κ2) is 7.03. The number of fused-ring (bicyclic) bond motifs is 1. The first kappa shape index (κ1) is 18.6. The number of hydrogen-bond donors (Lipinski definition) is 1. The van der Waals surface area contributed by atoms with Crippen molar-refractivity contribution in [2.45, 2.75) is 44.9 Å². The van der Waals surface area contributed by atoms with Crippen molar-refractivity contribution in [1.82, 2.24) is 19.3 Å². The molecule has 1 N–H and O–H groups in total. The van der Waals surface area contributed by atoms with Gasteiger partial charge in [0.25, 0.3) is 0 Å². The number of aromatic nitrogens is 3. The van der Waals surface area contributed by atoms with Crippen LogP contribution < -0.4 is 4.90 Å². The first-order valence-corrected chi connectivity index (χ1v) is 11.1. The Hall–Kier alpha value is -1.71. The Morgan fingerprint density at radius 2 is 1.96 bits per heavy atom. The van der Waals surface area contributed by atoms with Crippen LogP contribution in [-0.2, 0) is 14.8 Å². The first-order valence-electron chi connectivity index (χ1n) is 9.47. The summed E-state index contributed by atoms with van der Waals surface area (Å²) in [5, 5.41) is 0.993. The van der Waals surface area contributed by atoms with Crippen LogP contribution in [0.1, 0.15) is 26.7 Å². The molecule has 4 rings (SSSR count). The van der Waals surface area contributed by atoms with Gasteiger partial charge < -0.3 is 14.6 Å². The molecule has 1 saturated heterocycles. The maximum Gasteiger partial charge on any atom is 0.214 e. The van der Waals surface area contributed by atoms with Crippen LogP contribution in [0.5, 0.6) is 0 Å². The molecule has 2 fully saturated rings. The highest BCUT2D eigenvalue weighted by Gasteiger charge is 2.39. The molecule has 8 nitrogen and oxygen atoms in total. The summed E-state index contributed by atoms with van der Waals surface area (Å²) in [6.45, 7) is 4.76. The minimum Gasteiger partial charge on any atom is -0.373 e. The van der Waals surface area contributed by atoms with Gasteiger partial charge in [0.1, 0.15) is 17.8 Å². The highest BCUT2D eigenvalue weighted by Crippen LogP contribution is 2.36. The third kappa shape index (κ3) is 3.68. The van der Waals surface area contributed by atoms with Crippen LogP contribution in [0.2, 0.25) is 0 Å². The van der Waals surface area contributed by atoms with Crippen LogP contribution in [0.4, 0.5) is 5.82 Å². The van der Waals surface area contributed by atoms with E-state index in [4.69, 9.17) is 4.74 Å². The molecule has 1 aliphatic carbocycles. The van der Waals surface area contributed by atoms with Gasteiger partial charge in [-0.25, -0.2) is 18.4 Å². The summed E-state index contributed by atoms with van der Waals surface area (Å²) < 4.78 is 32.9. The quantitative estimate of drug-likeness (QED) is 0.830. The fourth-order valence-electron chi connectivity index (χ4n) is 4.23. The maximum atomic E-state index is 12.8. The molecule has 148 valence electrons. The van der Waals surface area contributed by atoms with E-state index in [1.165, 1.54) is 0 Å². The number of morpholine rings is 1. The Kier molecular flexibility index (Phi) is 4.85. The lowest BCUT2D eigenvalue weighted by molar-refractivity contribution is -0.0442. The molecule has 0 aromatic carbocycles. The molecular weight excluding hydrogens is 366 g/mol. The third-order valence-corrected chi connectivity index (χ3v) is 7.63. The van der Waals surface area contributed by atoms with Crippen molar-refractivity contribution in [2.24, 2.45) is 5.92 Å². The summed E-state index contributed by atoms with van der Waals surface area (Å²) in [6.07, 6.45) is 5.04. The SMILES string of the molecule is CC1CN(S(=O)(=O)CC2CC(N(C)c3ncnc4[nH]ccc34)C2)CC(C)O1. The summed E-state index contributed by atoms with van der Waals surface area (Å²) in [5.41, 5.74) is 0.820. The monoisotopic (exact) mass is 393 g/mol. The van der Waals surface area contributed by atoms with Crippen LogP contribution in [0.25, 0.3) is 11.0 Å². The van der Waals surface area contributed by atoms with Gasteiger partial charge in [-0.1, -0.05) is 0 Å². The van der Waals surface area contributed by atoms with Gasteiger partial charge in [0, 0.05) is 32.4 Å². The molecule has 2 aromatic heterocycles. The van der Waals surface area contributed by atoms with Crippen molar-refractivity contribution < 1.29 is 13.2 Å². The highest BCUT2D eigenvalue weighted by molar-refractivity contribution is 7.89. The van der Waals surface area contributed by atoms with Crippen molar-refractivity contribution in [3.05, 3.63) is 18.6 Å². The van der Waals surface area contributed by atoms with Gasteiger partial charge in [0.05, 0.1) is 23.3 Å². The number of hydrogen-bond acceptors (Lipinski definition) is 6. The Balaban J connectivity index is 1.37. The van der Waals surface area contributed by atoms with Crippen LogP contribution in [-0.4, -0.2) is 71.8 Å². The molecule has 0 amide bonds. The number of rotatable bonds is 5. The van der Waals surface area contributed by atoms with Crippen LogP contribution >= 0.6 is 0 Å². The lowest BCUT2D eigenvalue weighted by atomic mass is 9.81. The van der Waals surface area contributed by atoms with Crippen molar-refractivity contribution in [3.63, 3.8) is 0 Å². The van der Waals surface area contributed by atoms with Gasteiger partial charge >= 0.3 is 0 Å². The van der Waals surface area contributed by atoms with Crippen molar-refractivity contribution in [1.29, 1.82) is 0 Å². The molecule has 0 spiro atoms. The average Bonchev–Trinajstić information content (AvgIpc) is 3.05. The zero-order valence-electron chi connectivity index (χ0n) is 16.0. The summed E-state index contributed by atoms with van der Waals surface area (Å²) >= 11 is 0. The standard InChI is InChI=1S/C18H27N5O3S/c1-12-8-23(9-13(2)26-12)27(24,25)10-14-6-15(7-14)22(3)18-16-4-5-19-17(16)20-11-21-18/h4-5,11-15H,6-10H2,1-3H3,(H,19,20,21). The third-order valence-electron chi connectivity index (χ3n) is 5.65. The predicted octanol–water partition coefficient (Wildman–Crippen LogP) is 1.61. The topological polar surface area (TPSA) is 91.4 Å². The Labute approximate surface area is 160 Å². The second-order valence-corrected chi connectivity index (χ2v) is 9.91. The van der Waals surface area contributed by atoms with E-state index < -0.39 is 10.0 Å². The van der Waals surface area contributed by atoms with E-state index in [2.05, 4.69) is 19.9 Å². The molecule has 1 saturated carbocycles. The van der Waals surface area contributed by atoms with Gasteiger partial charge in [-0.3, -0.25) is 0 Å². The number of aromatic amines is 1. The Morgan fingerprint density at radius 3 is 2.67 bits per heavy atom. The minimum atomic E-state index is -3.24. The normalized spacial score (nSPS) is 29.6. The smallest absolute Gasteiger partial charge is 0.214 e. The number of nitrogens with one attached hydrogen (secondary N) is 1. The molecule has 2 aliphatic rings. The largest absolute Gasteiger partial charge is 0.373 e. The van der Waals surface area contributed by atoms with Crippen LogP contribution in [0.3, 0.4) is 0 Å². The Bertz CT molecular complexity index is 899.